The highest BCUT2D eigenvalue weighted by Gasteiger charge is 2.28. The molecule has 20 heavy (non-hydrogen) atoms. The Labute approximate surface area is 120 Å². The van der Waals surface area contributed by atoms with Gasteiger partial charge in [-0.3, -0.25) is 0 Å². The molecule has 1 fully saturated rings. The van der Waals surface area contributed by atoms with Gasteiger partial charge in [-0.05, 0) is 44.9 Å². The monoisotopic (exact) mass is 272 g/mol. The highest BCUT2D eigenvalue weighted by molar-refractivity contribution is 5.56. The van der Waals surface area contributed by atoms with Gasteiger partial charge in [0, 0.05) is 25.3 Å². The number of aromatic nitrogens is 2. The molecule has 3 heterocycles. The van der Waals surface area contributed by atoms with Crippen LogP contribution in [0.25, 0.3) is 5.65 Å². The number of nitrogens with one attached hydrogen (secondary N) is 1. The van der Waals surface area contributed by atoms with Crippen molar-refractivity contribution in [1.29, 1.82) is 0 Å². The van der Waals surface area contributed by atoms with Crippen LogP contribution in [0.3, 0.4) is 0 Å². The standard InChI is InChI=1S/C16H24N4/c1-12-7-6-10-19(13(12)2)16-14(11-17-3)20-9-5-4-8-15(20)18-16/h4-5,8-9,12-13,17H,6-7,10-11H2,1-3H3. The van der Waals surface area contributed by atoms with Gasteiger partial charge in [-0.1, -0.05) is 13.0 Å². The largest absolute Gasteiger partial charge is 0.352 e. The van der Waals surface area contributed by atoms with Gasteiger partial charge in [0.25, 0.3) is 0 Å². The molecule has 0 aromatic carbocycles. The maximum absolute atomic E-state index is 4.89. The summed E-state index contributed by atoms with van der Waals surface area (Å²) in [6.07, 6.45) is 4.70. The van der Waals surface area contributed by atoms with E-state index in [1.54, 1.807) is 0 Å². The highest BCUT2D eigenvalue weighted by Crippen LogP contribution is 2.30. The summed E-state index contributed by atoms with van der Waals surface area (Å²) in [5.74, 6) is 1.89. The molecule has 0 amide bonds. The molecule has 2 aromatic heterocycles. The van der Waals surface area contributed by atoms with E-state index in [9.17, 15) is 0 Å². The normalized spacial score (nSPS) is 23.4. The number of fused-ring (bicyclic) bond motifs is 1. The third-order valence-electron chi connectivity index (χ3n) is 4.60. The van der Waals surface area contributed by atoms with Crippen molar-refractivity contribution in [3.05, 3.63) is 30.1 Å². The molecule has 0 bridgehead atoms. The zero-order chi connectivity index (χ0) is 14.1. The lowest BCUT2D eigenvalue weighted by Gasteiger charge is -2.38. The van der Waals surface area contributed by atoms with Crippen molar-refractivity contribution in [3.63, 3.8) is 0 Å². The van der Waals surface area contributed by atoms with Crippen molar-refractivity contribution in [1.82, 2.24) is 14.7 Å². The summed E-state index contributed by atoms with van der Waals surface area (Å²) in [6, 6.07) is 6.77. The van der Waals surface area contributed by atoms with E-state index < -0.39 is 0 Å². The minimum absolute atomic E-state index is 0.560. The van der Waals surface area contributed by atoms with Crippen molar-refractivity contribution in [2.75, 3.05) is 18.5 Å². The van der Waals surface area contributed by atoms with E-state index in [4.69, 9.17) is 4.98 Å². The fourth-order valence-corrected chi connectivity index (χ4v) is 3.23. The third kappa shape index (κ3) is 2.18. The summed E-state index contributed by atoms with van der Waals surface area (Å²) in [5.41, 5.74) is 2.31. The topological polar surface area (TPSA) is 32.6 Å². The molecule has 1 saturated heterocycles. The second-order valence-corrected chi connectivity index (χ2v) is 5.89. The number of piperidine rings is 1. The number of rotatable bonds is 3. The first-order valence-corrected chi connectivity index (χ1v) is 7.59. The first kappa shape index (κ1) is 13.4. The highest BCUT2D eigenvalue weighted by atomic mass is 15.3. The number of imidazole rings is 1. The summed E-state index contributed by atoms with van der Waals surface area (Å²) >= 11 is 0. The van der Waals surface area contributed by atoms with Gasteiger partial charge < -0.3 is 14.6 Å². The predicted molar refractivity (Wildman–Crippen MR) is 83.2 cm³/mol. The van der Waals surface area contributed by atoms with Crippen molar-refractivity contribution >= 4 is 11.5 Å². The second-order valence-electron chi connectivity index (χ2n) is 5.89. The van der Waals surface area contributed by atoms with E-state index in [1.165, 1.54) is 18.5 Å². The summed E-state index contributed by atoms with van der Waals surface area (Å²) in [4.78, 5) is 7.38. The molecule has 4 nitrogen and oxygen atoms in total. The minimum atomic E-state index is 0.560. The van der Waals surface area contributed by atoms with Crippen molar-refractivity contribution in [3.8, 4) is 0 Å². The van der Waals surface area contributed by atoms with E-state index >= 15 is 0 Å². The molecule has 1 N–H and O–H groups in total. The molecule has 2 unspecified atom stereocenters. The number of anilines is 1. The molecular formula is C16H24N4. The van der Waals surface area contributed by atoms with E-state index in [-0.39, 0.29) is 0 Å². The van der Waals surface area contributed by atoms with Crippen LogP contribution in [-0.2, 0) is 6.54 Å². The summed E-state index contributed by atoms with van der Waals surface area (Å²) < 4.78 is 2.21. The maximum atomic E-state index is 4.89. The fourth-order valence-electron chi connectivity index (χ4n) is 3.23. The van der Waals surface area contributed by atoms with Crippen LogP contribution in [0, 0.1) is 5.92 Å². The molecule has 1 aliphatic heterocycles. The molecule has 0 radical (unpaired) electrons. The first-order valence-electron chi connectivity index (χ1n) is 7.59. The Morgan fingerprint density at radius 3 is 3.00 bits per heavy atom. The fraction of sp³-hybridized carbons (Fsp3) is 0.562. The molecule has 0 aliphatic carbocycles. The Morgan fingerprint density at radius 1 is 1.35 bits per heavy atom. The summed E-state index contributed by atoms with van der Waals surface area (Å²) in [5, 5.41) is 3.28. The van der Waals surface area contributed by atoms with Gasteiger partial charge in [0.1, 0.15) is 5.65 Å². The molecule has 108 valence electrons. The predicted octanol–water partition coefficient (Wildman–Crippen LogP) is 2.68. The maximum Gasteiger partial charge on any atom is 0.152 e. The van der Waals surface area contributed by atoms with Gasteiger partial charge in [-0.25, -0.2) is 4.98 Å². The lowest BCUT2D eigenvalue weighted by Crippen LogP contribution is -2.43. The Balaban J connectivity index is 2.07. The smallest absolute Gasteiger partial charge is 0.152 e. The van der Waals surface area contributed by atoms with Crippen LogP contribution in [0.5, 0.6) is 0 Å². The number of nitrogens with zero attached hydrogens (tertiary/aromatic N) is 3. The van der Waals surface area contributed by atoms with Gasteiger partial charge in [0.2, 0.25) is 0 Å². The quantitative estimate of drug-likeness (QED) is 0.932. The lowest BCUT2D eigenvalue weighted by molar-refractivity contribution is 0.361. The summed E-state index contributed by atoms with van der Waals surface area (Å²) in [6.45, 7) is 6.64. The van der Waals surface area contributed by atoms with Gasteiger partial charge in [-0.2, -0.15) is 0 Å². The Kier molecular flexibility index (Phi) is 3.66. The average Bonchev–Trinajstić information content (AvgIpc) is 2.81. The van der Waals surface area contributed by atoms with E-state index in [0.717, 1.165) is 30.5 Å². The SMILES string of the molecule is CNCc1c(N2CCCC(C)C2C)nc2ccccn12. The molecule has 0 saturated carbocycles. The van der Waals surface area contributed by atoms with Crippen LogP contribution >= 0.6 is 0 Å². The molecular weight excluding hydrogens is 248 g/mol. The lowest BCUT2D eigenvalue weighted by atomic mass is 9.92. The Hall–Kier alpha value is -1.55. The van der Waals surface area contributed by atoms with E-state index in [2.05, 4.69) is 52.9 Å². The van der Waals surface area contributed by atoms with Crippen LogP contribution in [0.1, 0.15) is 32.4 Å². The van der Waals surface area contributed by atoms with Crippen LogP contribution in [-0.4, -0.2) is 29.0 Å². The number of hydrogen-bond acceptors (Lipinski definition) is 3. The number of pyridine rings is 1. The second kappa shape index (κ2) is 5.44. The minimum Gasteiger partial charge on any atom is -0.352 e. The zero-order valence-corrected chi connectivity index (χ0v) is 12.6. The Morgan fingerprint density at radius 2 is 2.20 bits per heavy atom. The van der Waals surface area contributed by atoms with Gasteiger partial charge >= 0.3 is 0 Å². The molecule has 2 atom stereocenters. The van der Waals surface area contributed by atoms with E-state index in [0.29, 0.717) is 6.04 Å². The first-order chi connectivity index (χ1) is 9.72. The third-order valence-corrected chi connectivity index (χ3v) is 4.60. The summed E-state index contributed by atoms with van der Waals surface area (Å²) in [7, 11) is 1.99. The van der Waals surface area contributed by atoms with Crippen LogP contribution < -0.4 is 10.2 Å². The zero-order valence-electron chi connectivity index (χ0n) is 12.6. The molecule has 1 aliphatic rings. The molecule has 2 aromatic rings. The average molecular weight is 272 g/mol. The van der Waals surface area contributed by atoms with E-state index in [1.807, 2.05) is 7.05 Å². The molecule has 4 heteroatoms. The van der Waals surface area contributed by atoms with Crippen molar-refractivity contribution in [2.45, 2.75) is 39.3 Å². The van der Waals surface area contributed by atoms with Gasteiger partial charge in [0.05, 0.1) is 5.69 Å². The van der Waals surface area contributed by atoms with Crippen molar-refractivity contribution < 1.29 is 0 Å². The Bertz CT molecular complexity index is 589. The molecule has 0 spiro atoms. The van der Waals surface area contributed by atoms with Crippen molar-refractivity contribution in [2.24, 2.45) is 5.92 Å². The van der Waals surface area contributed by atoms with Crippen LogP contribution in [0.4, 0.5) is 5.82 Å². The molecule has 3 rings (SSSR count). The van der Waals surface area contributed by atoms with Gasteiger partial charge in [-0.15, -0.1) is 0 Å². The van der Waals surface area contributed by atoms with Gasteiger partial charge in [0.15, 0.2) is 5.82 Å². The number of hydrogen-bond donors (Lipinski definition) is 1. The van der Waals surface area contributed by atoms with Crippen LogP contribution in [0.15, 0.2) is 24.4 Å². The van der Waals surface area contributed by atoms with Crippen LogP contribution in [0.2, 0.25) is 0 Å².